The van der Waals surface area contributed by atoms with Gasteiger partial charge in [-0.15, -0.1) is 0 Å². The molecule has 0 aliphatic carbocycles. The van der Waals surface area contributed by atoms with Crippen molar-refractivity contribution in [3.63, 3.8) is 0 Å². The molecule has 1 saturated heterocycles. The van der Waals surface area contributed by atoms with Gasteiger partial charge in [-0.1, -0.05) is 37.3 Å². The van der Waals surface area contributed by atoms with Crippen molar-refractivity contribution in [2.45, 2.75) is 31.7 Å². The van der Waals surface area contributed by atoms with E-state index in [-0.39, 0.29) is 6.03 Å². The minimum Gasteiger partial charge on any atom is -0.480 e. The van der Waals surface area contributed by atoms with Gasteiger partial charge in [-0.05, 0) is 18.4 Å². The Morgan fingerprint density at radius 2 is 2.10 bits per heavy atom. The van der Waals surface area contributed by atoms with Crippen molar-refractivity contribution in [1.29, 1.82) is 0 Å². The van der Waals surface area contributed by atoms with Gasteiger partial charge in [0.25, 0.3) is 0 Å². The van der Waals surface area contributed by atoms with Gasteiger partial charge in [0.1, 0.15) is 6.04 Å². The molecule has 5 nitrogen and oxygen atoms in total. The first-order chi connectivity index (χ1) is 9.61. The number of amides is 2. The van der Waals surface area contributed by atoms with Crippen LogP contribution in [-0.4, -0.2) is 41.1 Å². The molecule has 2 amide bonds. The van der Waals surface area contributed by atoms with Gasteiger partial charge in [0.2, 0.25) is 0 Å². The summed E-state index contributed by atoms with van der Waals surface area (Å²) in [6, 6.07) is 9.01. The highest BCUT2D eigenvalue weighted by molar-refractivity contribution is 5.82. The number of nitrogens with zero attached hydrogens (tertiary/aromatic N) is 1. The topological polar surface area (TPSA) is 69.6 Å². The molecule has 1 aliphatic heterocycles. The van der Waals surface area contributed by atoms with E-state index in [1.54, 1.807) is 11.8 Å². The zero-order valence-electron chi connectivity index (χ0n) is 11.6. The Morgan fingerprint density at radius 3 is 2.70 bits per heavy atom. The molecule has 2 atom stereocenters. The minimum atomic E-state index is -0.986. The predicted octanol–water partition coefficient (Wildman–Crippen LogP) is 2.05. The third-order valence-corrected chi connectivity index (χ3v) is 3.75. The number of nitrogens with one attached hydrogen (secondary N) is 1. The second-order valence-electron chi connectivity index (χ2n) is 5.09. The third-order valence-electron chi connectivity index (χ3n) is 3.75. The van der Waals surface area contributed by atoms with E-state index in [4.69, 9.17) is 5.11 Å². The number of carboxylic acid groups (broad SMARTS) is 1. The summed E-state index contributed by atoms with van der Waals surface area (Å²) >= 11 is 0. The van der Waals surface area contributed by atoms with Crippen molar-refractivity contribution in [2.24, 2.45) is 0 Å². The van der Waals surface area contributed by atoms with Gasteiger partial charge in [-0.2, -0.15) is 0 Å². The van der Waals surface area contributed by atoms with E-state index in [2.05, 4.69) is 17.4 Å². The molecule has 2 unspecified atom stereocenters. The second-order valence-corrected chi connectivity index (χ2v) is 5.09. The number of aliphatic carboxylic acids is 1. The van der Waals surface area contributed by atoms with Crippen LogP contribution in [0.25, 0.3) is 0 Å². The number of carbonyl (C=O) groups is 2. The summed E-state index contributed by atoms with van der Waals surface area (Å²) < 4.78 is 0. The van der Waals surface area contributed by atoms with Crippen LogP contribution >= 0.6 is 0 Å². The summed E-state index contributed by atoms with van der Waals surface area (Å²) in [5.41, 5.74) is 1.23. The molecule has 2 N–H and O–H groups in total. The number of rotatable bonds is 4. The van der Waals surface area contributed by atoms with E-state index in [9.17, 15) is 9.59 Å². The van der Waals surface area contributed by atoms with Crippen molar-refractivity contribution in [3.8, 4) is 0 Å². The molecule has 108 valence electrons. The van der Waals surface area contributed by atoms with Gasteiger partial charge in [0, 0.05) is 19.0 Å². The lowest BCUT2D eigenvalue weighted by atomic mass is 9.99. The van der Waals surface area contributed by atoms with E-state index < -0.39 is 12.0 Å². The lowest BCUT2D eigenvalue weighted by molar-refractivity contribution is -0.139. The van der Waals surface area contributed by atoms with E-state index >= 15 is 0 Å². The SMILES string of the molecule is CCC(NC(=O)N1CCC(c2ccccc2)C1)C(=O)O. The molecule has 5 heteroatoms. The van der Waals surface area contributed by atoms with Crippen LogP contribution in [0.15, 0.2) is 30.3 Å². The summed E-state index contributed by atoms with van der Waals surface area (Å²) in [5, 5.41) is 11.5. The maximum absolute atomic E-state index is 12.0. The Bertz CT molecular complexity index is 475. The van der Waals surface area contributed by atoms with Crippen molar-refractivity contribution in [2.75, 3.05) is 13.1 Å². The fourth-order valence-corrected chi connectivity index (χ4v) is 2.52. The average molecular weight is 276 g/mol. The summed E-state index contributed by atoms with van der Waals surface area (Å²) in [4.78, 5) is 24.7. The average Bonchev–Trinajstić information content (AvgIpc) is 2.95. The maximum Gasteiger partial charge on any atom is 0.326 e. The molecule has 0 aromatic heterocycles. The molecule has 0 saturated carbocycles. The van der Waals surface area contributed by atoms with E-state index in [1.165, 1.54) is 5.56 Å². The Hall–Kier alpha value is -2.04. The Morgan fingerprint density at radius 1 is 1.40 bits per heavy atom. The highest BCUT2D eigenvalue weighted by Gasteiger charge is 2.29. The van der Waals surface area contributed by atoms with Crippen LogP contribution in [0.2, 0.25) is 0 Å². The molecule has 1 fully saturated rings. The molecule has 0 radical (unpaired) electrons. The van der Waals surface area contributed by atoms with Crippen molar-refractivity contribution < 1.29 is 14.7 Å². The monoisotopic (exact) mass is 276 g/mol. The summed E-state index contributed by atoms with van der Waals surface area (Å²) in [6.45, 7) is 3.06. The first kappa shape index (κ1) is 14.4. The second kappa shape index (κ2) is 6.41. The normalized spacial score (nSPS) is 19.6. The van der Waals surface area contributed by atoms with Crippen molar-refractivity contribution in [1.82, 2.24) is 10.2 Å². The molecular weight excluding hydrogens is 256 g/mol. The zero-order valence-corrected chi connectivity index (χ0v) is 11.6. The quantitative estimate of drug-likeness (QED) is 0.884. The first-order valence-electron chi connectivity index (χ1n) is 6.95. The first-order valence-corrected chi connectivity index (χ1v) is 6.95. The predicted molar refractivity (Wildman–Crippen MR) is 75.6 cm³/mol. The number of carboxylic acids is 1. The molecule has 0 bridgehead atoms. The number of likely N-dealkylation sites (tertiary alicyclic amines) is 1. The molecule has 1 aromatic carbocycles. The van der Waals surface area contributed by atoms with Gasteiger partial charge in [0.05, 0.1) is 0 Å². The molecule has 1 heterocycles. The summed E-state index contributed by atoms with van der Waals surface area (Å²) in [7, 11) is 0. The third kappa shape index (κ3) is 3.29. The van der Waals surface area contributed by atoms with Crippen LogP contribution in [0.1, 0.15) is 31.2 Å². The molecule has 1 aromatic rings. The van der Waals surface area contributed by atoms with Crippen LogP contribution in [-0.2, 0) is 4.79 Å². The largest absolute Gasteiger partial charge is 0.480 e. The number of hydrogen-bond donors (Lipinski definition) is 2. The van der Waals surface area contributed by atoms with Gasteiger partial charge in [-0.3, -0.25) is 0 Å². The van der Waals surface area contributed by atoms with E-state index in [0.29, 0.717) is 25.4 Å². The van der Waals surface area contributed by atoms with Gasteiger partial charge in [0.15, 0.2) is 0 Å². The van der Waals surface area contributed by atoms with E-state index in [1.807, 2.05) is 18.2 Å². The Kier molecular flexibility index (Phi) is 4.61. The molecule has 2 rings (SSSR count). The van der Waals surface area contributed by atoms with Gasteiger partial charge >= 0.3 is 12.0 Å². The zero-order chi connectivity index (χ0) is 14.5. The summed E-state index contributed by atoms with van der Waals surface area (Å²) in [5.74, 6) is -0.647. The van der Waals surface area contributed by atoms with Crippen molar-refractivity contribution in [3.05, 3.63) is 35.9 Å². The molecule has 1 aliphatic rings. The van der Waals surface area contributed by atoms with Crippen LogP contribution in [0.5, 0.6) is 0 Å². The lowest BCUT2D eigenvalue weighted by Gasteiger charge is -2.20. The highest BCUT2D eigenvalue weighted by atomic mass is 16.4. The number of carbonyl (C=O) groups excluding carboxylic acids is 1. The Labute approximate surface area is 118 Å². The maximum atomic E-state index is 12.0. The van der Waals surface area contributed by atoms with E-state index in [0.717, 1.165) is 6.42 Å². The minimum absolute atomic E-state index is 0.280. The smallest absolute Gasteiger partial charge is 0.326 e. The molecular formula is C15H20N2O3. The van der Waals surface area contributed by atoms with Gasteiger partial charge < -0.3 is 15.3 Å². The standard InChI is InChI=1S/C15H20N2O3/c1-2-13(14(18)19)16-15(20)17-9-8-12(10-17)11-6-4-3-5-7-11/h3-7,12-13H,2,8-10H2,1H3,(H,16,20)(H,18,19). The van der Waals surface area contributed by atoms with Crippen LogP contribution in [0.3, 0.4) is 0 Å². The van der Waals surface area contributed by atoms with Gasteiger partial charge in [-0.25, -0.2) is 9.59 Å². The van der Waals surface area contributed by atoms with Crippen LogP contribution < -0.4 is 5.32 Å². The number of urea groups is 1. The summed E-state index contributed by atoms with van der Waals surface area (Å²) in [6.07, 6.45) is 1.30. The number of benzene rings is 1. The molecule has 0 spiro atoms. The fourth-order valence-electron chi connectivity index (χ4n) is 2.52. The highest BCUT2D eigenvalue weighted by Crippen LogP contribution is 2.26. The lowest BCUT2D eigenvalue weighted by Crippen LogP contribution is -2.46. The number of hydrogen-bond acceptors (Lipinski definition) is 2. The van der Waals surface area contributed by atoms with Crippen LogP contribution in [0.4, 0.5) is 4.79 Å². The molecule has 20 heavy (non-hydrogen) atoms. The Balaban J connectivity index is 1.92. The van der Waals surface area contributed by atoms with Crippen LogP contribution in [0, 0.1) is 0 Å². The van der Waals surface area contributed by atoms with Crippen molar-refractivity contribution >= 4 is 12.0 Å². The fraction of sp³-hybridized carbons (Fsp3) is 0.467.